The summed E-state index contributed by atoms with van der Waals surface area (Å²) in [5.41, 5.74) is 0.542. The topological polar surface area (TPSA) is 123 Å². The molecule has 2 rings (SSSR count). The number of aliphatic carboxylic acids is 1. The average Bonchev–Trinajstić information content (AvgIpc) is 2.60. The molecule has 8 nitrogen and oxygen atoms in total. The molecular weight excluding hydrogens is 412 g/mol. The smallest absolute Gasteiger partial charge is 0.368 e. The molecule has 10 heteroatoms. The van der Waals surface area contributed by atoms with Gasteiger partial charge in [0.1, 0.15) is 0 Å². The molecule has 29 heavy (non-hydrogen) atoms. The molecule has 0 radical (unpaired) electrons. The van der Waals surface area contributed by atoms with Crippen LogP contribution in [-0.4, -0.2) is 53.2 Å². The molecule has 160 valence electrons. The highest BCUT2D eigenvalue weighted by atomic mass is 32.2. The van der Waals surface area contributed by atoms with E-state index in [1.165, 1.54) is 0 Å². The van der Waals surface area contributed by atoms with Gasteiger partial charge in [-0.25, -0.2) is 4.79 Å². The highest BCUT2D eigenvalue weighted by Gasteiger charge is 2.48. The number of nitrogens with zero attached hydrogens (tertiary/aromatic N) is 1. The quantitative estimate of drug-likeness (QED) is 0.300. The third-order valence-electron chi connectivity index (χ3n) is 4.94. The third kappa shape index (κ3) is 7.05. The van der Waals surface area contributed by atoms with Crippen molar-refractivity contribution < 1.29 is 28.7 Å². The van der Waals surface area contributed by atoms with Crippen molar-refractivity contribution in [3.05, 3.63) is 30.1 Å². The zero-order valence-electron chi connectivity index (χ0n) is 17.5. The maximum atomic E-state index is 12.3. The number of rotatable bonds is 6. The van der Waals surface area contributed by atoms with Crippen molar-refractivity contribution in [1.29, 1.82) is 0 Å². The highest BCUT2D eigenvalue weighted by molar-refractivity contribution is 8.14. The van der Waals surface area contributed by atoms with E-state index in [0.717, 1.165) is 11.8 Å². The molecule has 0 unspecified atom stereocenters. The number of carbonyl (C=O) groups is 4. The van der Waals surface area contributed by atoms with Gasteiger partial charge in [0.25, 0.3) is 0 Å². The van der Waals surface area contributed by atoms with Crippen LogP contribution in [0.4, 0.5) is 0 Å². The van der Waals surface area contributed by atoms with Crippen LogP contribution in [0.15, 0.2) is 24.5 Å². The SMILES string of the molecule is C[C@@H](O[Si](C)(C)C(C)(C)C)[C@H]1C(=O)N[C@@H]1SC(=O)c1cccnc1.O=CC(=O)O. The minimum Gasteiger partial charge on any atom is -0.476 e. The summed E-state index contributed by atoms with van der Waals surface area (Å²) < 4.78 is 6.34. The van der Waals surface area contributed by atoms with E-state index in [0.29, 0.717) is 5.56 Å². The van der Waals surface area contributed by atoms with Gasteiger partial charge in [0.15, 0.2) is 8.32 Å². The maximum absolute atomic E-state index is 12.3. The molecule has 3 atom stereocenters. The van der Waals surface area contributed by atoms with Gasteiger partial charge in [-0.1, -0.05) is 32.5 Å². The highest BCUT2D eigenvalue weighted by Crippen LogP contribution is 2.40. The molecule has 1 aliphatic rings. The largest absolute Gasteiger partial charge is 0.476 e. The van der Waals surface area contributed by atoms with Gasteiger partial charge in [0, 0.05) is 18.0 Å². The van der Waals surface area contributed by atoms with Gasteiger partial charge in [-0.3, -0.25) is 19.4 Å². The lowest BCUT2D eigenvalue weighted by Gasteiger charge is -2.44. The number of hydrogen-bond acceptors (Lipinski definition) is 7. The molecule has 1 saturated heterocycles. The molecule has 0 aliphatic carbocycles. The standard InChI is InChI=1S/C17H26N2O3SSi.C2H2O3/c1-11(22-24(5,6)17(2,3)4)13-14(20)19-15(13)23-16(21)12-8-7-9-18-10-12;3-1-2(4)5/h7-11,13,15H,1-6H3,(H,19,20);1H,(H,4,5)/t11-,13+,15-;/m1./s1. The number of thioether (sulfide) groups is 1. The second-order valence-corrected chi connectivity index (χ2v) is 14.0. The summed E-state index contributed by atoms with van der Waals surface area (Å²) in [4.78, 5) is 46.2. The Hall–Kier alpha value is -2.04. The van der Waals surface area contributed by atoms with Gasteiger partial charge in [-0.15, -0.1) is 0 Å². The van der Waals surface area contributed by atoms with Crippen LogP contribution in [0.3, 0.4) is 0 Å². The van der Waals surface area contributed by atoms with Gasteiger partial charge in [0.2, 0.25) is 17.3 Å². The summed E-state index contributed by atoms with van der Waals surface area (Å²) in [6.07, 6.45) is 2.80. The zero-order valence-corrected chi connectivity index (χ0v) is 19.3. The van der Waals surface area contributed by atoms with Crippen LogP contribution in [0.1, 0.15) is 38.1 Å². The van der Waals surface area contributed by atoms with Crippen molar-refractivity contribution in [1.82, 2.24) is 10.3 Å². The lowest BCUT2D eigenvalue weighted by molar-refractivity contribution is -0.143. The van der Waals surface area contributed by atoms with E-state index in [2.05, 4.69) is 44.2 Å². The average molecular weight is 441 g/mol. The normalized spacial score (nSPS) is 19.7. The van der Waals surface area contributed by atoms with Gasteiger partial charge >= 0.3 is 5.97 Å². The molecule has 2 N–H and O–H groups in total. The fourth-order valence-electron chi connectivity index (χ4n) is 2.31. The number of carboxylic acids is 1. The van der Waals surface area contributed by atoms with Gasteiger partial charge in [-0.05, 0) is 37.2 Å². The Morgan fingerprint density at radius 3 is 2.38 bits per heavy atom. The maximum Gasteiger partial charge on any atom is 0.368 e. The monoisotopic (exact) mass is 440 g/mol. The van der Waals surface area contributed by atoms with Gasteiger partial charge < -0.3 is 14.8 Å². The van der Waals surface area contributed by atoms with Crippen LogP contribution in [0.25, 0.3) is 0 Å². The van der Waals surface area contributed by atoms with Crippen molar-refractivity contribution in [3.8, 4) is 0 Å². The first-order chi connectivity index (χ1) is 13.3. The first-order valence-electron chi connectivity index (χ1n) is 9.07. The minimum atomic E-state index is -1.96. The van der Waals surface area contributed by atoms with Crippen LogP contribution in [0, 0.1) is 5.92 Å². The summed E-state index contributed by atoms with van der Waals surface area (Å²) in [5, 5.41) is 9.92. The number of carbonyl (C=O) groups excluding carboxylic acids is 3. The summed E-state index contributed by atoms with van der Waals surface area (Å²) in [6, 6.07) is 3.46. The molecule has 0 saturated carbocycles. The Morgan fingerprint density at radius 2 is 1.97 bits per heavy atom. The second-order valence-electron chi connectivity index (χ2n) is 8.14. The minimum absolute atomic E-state index is 0.0438. The van der Waals surface area contributed by atoms with Crippen molar-refractivity contribution in [2.45, 2.75) is 57.3 Å². The molecule has 2 heterocycles. The van der Waals surface area contributed by atoms with Gasteiger partial charge in [-0.2, -0.15) is 0 Å². The zero-order chi connectivity index (χ0) is 22.4. The molecule has 1 aromatic heterocycles. The first kappa shape index (κ1) is 25.0. The summed E-state index contributed by atoms with van der Waals surface area (Å²) in [6.45, 7) is 12.8. The predicted molar refractivity (Wildman–Crippen MR) is 113 cm³/mol. The van der Waals surface area contributed by atoms with Crippen molar-refractivity contribution in [2.75, 3.05) is 0 Å². The molecule has 1 aromatic rings. The fraction of sp³-hybridized carbons (Fsp3) is 0.526. The summed E-state index contributed by atoms with van der Waals surface area (Å²) in [5.74, 6) is -1.77. The molecule has 0 bridgehead atoms. The van der Waals surface area contributed by atoms with Crippen LogP contribution in [0.2, 0.25) is 18.1 Å². The van der Waals surface area contributed by atoms with E-state index in [1.807, 2.05) is 6.92 Å². The lowest BCUT2D eigenvalue weighted by Crippen LogP contribution is -2.62. The predicted octanol–water partition coefficient (Wildman–Crippen LogP) is 2.71. The number of hydrogen-bond donors (Lipinski definition) is 2. The fourth-order valence-corrected chi connectivity index (χ4v) is 4.89. The third-order valence-corrected chi connectivity index (χ3v) is 10.6. The summed E-state index contributed by atoms with van der Waals surface area (Å²) in [7, 11) is -1.96. The molecule has 0 spiro atoms. The van der Waals surface area contributed by atoms with Crippen LogP contribution in [-0.2, 0) is 18.8 Å². The van der Waals surface area contributed by atoms with Crippen LogP contribution in [0.5, 0.6) is 0 Å². The van der Waals surface area contributed by atoms with E-state index in [4.69, 9.17) is 19.1 Å². The first-order valence-corrected chi connectivity index (χ1v) is 12.9. The number of amides is 1. The molecule has 1 fully saturated rings. The Bertz CT molecular complexity index is 751. The number of aromatic nitrogens is 1. The molecular formula is C19H28N2O6SSi. The summed E-state index contributed by atoms with van der Waals surface area (Å²) >= 11 is 1.14. The molecule has 1 amide bonds. The second kappa shape index (κ2) is 10.1. The number of aldehydes is 1. The van der Waals surface area contributed by atoms with Gasteiger partial charge in [0.05, 0.1) is 17.4 Å². The van der Waals surface area contributed by atoms with E-state index >= 15 is 0 Å². The molecule has 0 aromatic carbocycles. The number of carboxylic acid groups (broad SMARTS) is 1. The molecule has 1 aliphatic heterocycles. The Labute approximate surface area is 175 Å². The Morgan fingerprint density at radius 1 is 1.38 bits per heavy atom. The van der Waals surface area contributed by atoms with Crippen molar-refractivity contribution in [3.63, 3.8) is 0 Å². The Balaban J connectivity index is 0.000000749. The van der Waals surface area contributed by atoms with E-state index in [1.54, 1.807) is 24.5 Å². The Kier molecular flexibility index (Phi) is 8.73. The number of pyridine rings is 1. The van der Waals surface area contributed by atoms with Crippen LogP contribution >= 0.6 is 11.8 Å². The van der Waals surface area contributed by atoms with Crippen molar-refractivity contribution >= 4 is 43.4 Å². The van der Waals surface area contributed by atoms with Crippen LogP contribution < -0.4 is 5.32 Å². The number of β-lactam (4-membered cyclic amide) rings is 1. The van der Waals surface area contributed by atoms with E-state index in [9.17, 15) is 9.59 Å². The van der Waals surface area contributed by atoms with E-state index < -0.39 is 14.3 Å². The van der Waals surface area contributed by atoms with E-state index in [-0.39, 0.29) is 39.7 Å². The van der Waals surface area contributed by atoms with Crippen molar-refractivity contribution in [2.24, 2.45) is 5.92 Å². The lowest BCUT2D eigenvalue weighted by atomic mass is 9.96. The number of nitrogens with one attached hydrogen (secondary N) is 1.